The Morgan fingerprint density at radius 2 is 1.89 bits per heavy atom. The smallest absolute Gasteiger partial charge is 0.149 e. The highest BCUT2D eigenvalue weighted by Gasteiger charge is 2.11. The number of benzene rings is 2. The lowest BCUT2D eigenvalue weighted by Gasteiger charge is -2.12. The highest BCUT2D eigenvalue weighted by atomic mass is 16.5. The van der Waals surface area contributed by atoms with Crippen LogP contribution in [0.1, 0.15) is 38.1 Å². The Kier molecular flexibility index (Phi) is 6.11. The van der Waals surface area contributed by atoms with Crippen LogP contribution in [0.5, 0.6) is 11.5 Å². The van der Waals surface area contributed by atoms with Crippen molar-refractivity contribution in [3.8, 4) is 17.6 Å². The monoisotopic (exact) mass is 361 g/mol. The van der Waals surface area contributed by atoms with Crippen LogP contribution in [0, 0.1) is 11.3 Å². The summed E-state index contributed by atoms with van der Waals surface area (Å²) in [4.78, 5) is 7.72. The quantitative estimate of drug-likeness (QED) is 0.559. The molecule has 1 heterocycles. The standard InChI is InChI=1S/C22H23N3O2/c1-3-11-26-18-10-9-16(21(14-18)27-12-4-2)13-17(15-23)22-24-19-7-5-6-8-20(19)25-22/h5-10,13-14H,3-4,11-12H2,1-2H3,(H,24,25)/b17-13+. The third-order valence-corrected chi connectivity index (χ3v) is 3.98. The van der Waals surface area contributed by atoms with Crippen molar-refractivity contribution in [1.29, 1.82) is 5.26 Å². The van der Waals surface area contributed by atoms with Gasteiger partial charge in [-0.15, -0.1) is 0 Å². The molecule has 1 N–H and O–H groups in total. The highest BCUT2D eigenvalue weighted by Crippen LogP contribution is 2.29. The number of nitrogens with zero attached hydrogens (tertiary/aromatic N) is 2. The van der Waals surface area contributed by atoms with Crippen molar-refractivity contribution < 1.29 is 9.47 Å². The van der Waals surface area contributed by atoms with Crippen molar-refractivity contribution >= 4 is 22.7 Å². The second-order valence-corrected chi connectivity index (χ2v) is 6.17. The predicted octanol–water partition coefficient (Wildman–Crippen LogP) is 5.20. The molecule has 0 aliphatic heterocycles. The number of nitrogens with one attached hydrogen (secondary N) is 1. The number of aromatic nitrogens is 2. The van der Waals surface area contributed by atoms with Crippen molar-refractivity contribution in [3.05, 3.63) is 53.9 Å². The molecule has 5 nitrogen and oxygen atoms in total. The van der Waals surface area contributed by atoms with E-state index in [2.05, 4.69) is 29.9 Å². The van der Waals surface area contributed by atoms with E-state index in [1.165, 1.54) is 0 Å². The third-order valence-electron chi connectivity index (χ3n) is 3.98. The Morgan fingerprint density at radius 1 is 1.11 bits per heavy atom. The number of ether oxygens (including phenoxy) is 2. The molecule has 0 saturated heterocycles. The number of aromatic amines is 1. The number of imidazole rings is 1. The molecule has 0 atom stereocenters. The molecule has 5 heteroatoms. The van der Waals surface area contributed by atoms with Gasteiger partial charge in [-0.1, -0.05) is 26.0 Å². The number of hydrogen-bond acceptors (Lipinski definition) is 4. The fourth-order valence-electron chi connectivity index (χ4n) is 2.67. The lowest BCUT2D eigenvalue weighted by atomic mass is 10.1. The van der Waals surface area contributed by atoms with Gasteiger partial charge in [-0.05, 0) is 43.2 Å². The summed E-state index contributed by atoms with van der Waals surface area (Å²) in [7, 11) is 0. The van der Waals surface area contributed by atoms with E-state index in [-0.39, 0.29) is 0 Å². The van der Waals surface area contributed by atoms with E-state index in [0.29, 0.717) is 30.4 Å². The Hall–Kier alpha value is -3.26. The Balaban J connectivity index is 1.97. The molecular weight excluding hydrogens is 338 g/mol. The first kappa shape index (κ1) is 18.5. The third kappa shape index (κ3) is 4.48. The zero-order valence-electron chi connectivity index (χ0n) is 15.7. The molecular formula is C22H23N3O2. The van der Waals surface area contributed by atoms with Crippen LogP contribution in [0.3, 0.4) is 0 Å². The summed E-state index contributed by atoms with van der Waals surface area (Å²) < 4.78 is 11.6. The number of rotatable bonds is 8. The molecule has 27 heavy (non-hydrogen) atoms. The number of fused-ring (bicyclic) bond motifs is 1. The summed E-state index contributed by atoms with van der Waals surface area (Å²) in [5, 5.41) is 9.66. The number of nitriles is 1. The summed E-state index contributed by atoms with van der Waals surface area (Å²) in [5.41, 5.74) is 3.01. The Bertz CT molecular complexity index is 950. The lowest BCUT2D eigenvalue weighted by Crippen LogP contribution is -2.00. The summed E-state index contributed by atoms with van der Waals surface area (Å²) in [6.07, 6.45) is 3.64. The van der Waals surface area contributed by atoms with E-state index in [0.717, 1.165) is 35.2 Å². The molecule has 0 spiro atoms. The van der Waals surface area contributed by atoms with E-state index >= 15 is 0 Å². The molecule has 138 valence electrons. The van der Waals surface area contributed by atoms with Gasteiger partial charge in [0.05, 0.1) is 29.8 Å². The van der Waals surface area contributed by atoms with E-state index in [4.69, 9.17) is 9.47 Å². The molecule has 3 rings (SSSR count). The topological polar surface area (TPSA) is 70.9 Å². The van der Waals surface area contributed by atoms with Crippen LogP contribution in [0.4, 0.5) is 0 Å². The van der Waals surface area contributed by atoms with Crippen LogP contribution in [0.25, 0.3) is 22.7 Å². The SMILES string of the molecule is CCCOc1ccc(/C=C(\C#N)c2nc3ccccc3[nH]2)c(OCCC)c1. The van der Waals surface area contributed by atoms with Crippen molar-refractivity contribution in [2.24, 2.45) is 0 Å². The first-order chi connectivity index (χ1) is 13.2. The molecule has 1 aromatic heterocycles. The summed E-state index contributed by atoms with van der Waals surface area (Å²) in [6, 6.07) is 15.6. The first-order valence-electron chi connectivity index (χ1n) is 9.21. The van der Waals surface area contributed by atoms with Gasteiger partial charge in [-0.3, -0.25) is 0 Å². The van der Waals surface area contributed by atoms with Gasteiger partial charge in [0.15, 0.2) is 0 Å². The van der Waals surface area contributed by atoms with Crippen LogP contribution in [0.15, 0.2) is 42.5 Å². The van der Waals surface area contributed by atoms with Crippen molar-refractivity contribution in [3.63, 3.8) is 0 Å². The molecule has 0 aliphatic rings. The van der Waals surface area contributed by atoms with E-state index in [9.17, 15) is 5.26 Å². The number of hydrogen-bond donors (Lipinski definition) is 1. The number of para-hydroxylation sites is 2. The molecule has 0 radical (unpaired) electrons. The van der Waals surface area contributed by atoms with Gasteiger partial charge in [0.2, 0.25) is 0 Å². The molecule has 0 unspecified atom stereocenters. The maximum absolute atomic E-state index is 9.66. The second-order valence-electron chi connectivity index (χ2n) is 6.17. The number of H-pyrrole nitrogens is 1. The van der Waals surface area contributed by atoms with Gasteiger partial charge in [0.25, 0.3) is 0 Å². The highest BCUT2D eigenvalue weighted by molar-refractivity contribution is 5.91. The predicted molar refractivity (Wildman–Crippen MR) is 108 cm³/mol. The fraction of sp³-hybridized carbons (Fsp3) is 0.273. The van der Waals surface area contributed by atoms with Gasteiger partial charge in [-0.25, -0.2) is 4.98 Å². The van der Waals surface area contributed by atoms with Gasteiger partial charge in [0, 0.05) is 11.6 Å². The van der Waals surface area contributed by atoms with E-state index < -0.39 is 0 Å². The molecule has 2 aromatic carbocycles. The van der Waals surface area contributed by atoms with E-state index in [1.807, 2.05) is 42.5 Å². The minimum absolute atomic E-state index is 0.453. The molecule has 0 aliphatic carbocycles. The minimum atomic E-state index is 0.453. The Morgan fingerprint density at radius 3 is 2.63 bits per heavy atom. The summed E-state index contributed by atoms with van der Waals surface area (Å²) in [6.45, 7) is 5.38. The number of allylic oxidation sites excluding steroid dienone is 1. The van der Waals surface area contributed by atoms with Crippen molar-refractivity contribution in [2.45, 2.75) is 26.7 Å². The molecule has 0 amide bonds. The first-order valence-corrected chi connectivity index (χ1v) is 9.21. The zero-order valence-corrected chi connectivity index (χ0v) is 15.7. The lowest BCUT2D eigenvalue weighted by molar-refractivity contribution is 0.301. The molecule has 3 aromatic rings. The average Bonchev–Trinajstić information content (AvgIpc) is 3.13. The largest absolute Gasteiger partial charge is 0.493 e. The van der Waals surface area contributed by atoms with Crippen LogP contribution >= 0.6 is 0 Å². The summed E-state index contributed by atoms with van der Waals surface area (Å²) >= 11 is 0. The van der Waals surface area contributed by atoms with Gasteiger partial charge in [0.1, 0.15) is 23.4 Å². The molecule has 0 saturated carbocycles. The van der Waals surface area contributed by atoms with Crippen LogP contribution < -0.4 is 9.47 Å². The van der Waals surface area contributed by atoms with Gasteiger partial charge >= 0.3 is 0 Å². The van der Waals surface area contributed by atoms with Crippen LogP contribution in [0.2, 0.25) is 0 Å². The van der Waals surface area contributed by atoms with E-state index in [1.54, 1.807) is 6.08 Å². The fourth-order valence-corrected chi connectivity index (χ4v) is 2.67. The van der Waals surface area contributed by atoms with Gasteiger partial charge in [-0.2, -0.15) is 5.26 Å². The second kappa shape index (κ2) is 8.91. The average molecular weight is 361 g/mol. The zero-order chi connectivity index (χ0) is 19.1. The minimum Gasteiger partial charge on any atom is -0.493 e. The van der Waals surface area contributed by atoms with Crippen LogP contribution in [-0.2, 0) is 0 Å². The molecule has 0 bridgehead atoms. The molecule has 0 fully saturated rings. The van der Waals surface area contributed by atoms with Crippen LogP contribution in [-0.4, -0.2) is 23.2 Å². The van der Waals surface area contributed by atoms with Gasteiger partial charge < -0.3 is 14.5 Å². The maximum Gasteiger partial charge on any atom is 0.149 e. The van der Waals surface area contributed by atoms with Crippen molar-refractivity contribution in [1.82, 2.24) is 9.97 Å². The van der Waals surface area contributed by atoms with Crippen molar-refractivity contribution in [2.75, 3.05) is 13.2 Å². The maximum atomic E-state index is 9.66. The summed E-state index contributed by atoms with van der Waals surface area (Å²) in [5.74, 6) is 2.02. The normalized spacial score (nSPS) is 11.4. The Labute approximate surface area is 159 Å².